The van der Waals surface area contributed by atoms with Crippen LogP contribution in [0.25, 0.3) is 6.08 Å². The fourth-order valence-electron chi connectivity index (χ4n) is 1.07. The number of halogens is 1. The van der Waals surface area contributed by atoms with Gasteiger partial charge in [0, 0.05) is 4.47 Å². The van der Waals surface area contributed by atoms with Crippen molar-refractivity contribution in [1.29, 1.82) is 5.26 Å². The Kier molecular flexibility index (Phi) is 5.18. The van der Waals surface area contributed by atoms with Crippen LogP contribution in [0.2, 0.25) is 0 Å². The summed E-state index contributed by atoms with van der Waals surface area (Å²) in [5, 5.41) is 8.86. The van der Waals surface area contributed by atoms with Crippen molar-refractivity contribution in [1.82, 2.24) is 0 Å². The summed E-state index contributed by atoms with van der Waals surface area (Å²) in [6.45, 7) is 3.52. The molecule has 0 saturated carbocycles. The molecule has 0 fully saturated rings. The number of ether oxygens (including phenoxy) is 1. The molecule has 0 aliphatic rings. The number of carbonyl (C=O) groups is 1. The molecule has 1 aromatic rings. The van der Waals surface area contributed by atoms with Crippen molar-refractivity contribution >= 4 is 28.0 Å². The van der Waals surface area contributed by atoms with E-state index in [4.69, 9.17) is 10.00 Å². The van der Waals surface area contributed by atoms with Crippen LogP contribution in [0.1, 0.15) is 5.56 Å². The zero-order valence-electron chi connectivity index (χ0n) is 9.02. The number of benzene rings is 1. The largest absolute Gasteiger partial charge is 0.457 e. The molecule has 0 aromatic heterocycles. The van der Waals surface area contributed by atoms with Crippen molar-refractivity contribution in [2.45, 2.75) is 0 Å². The van der Waals surface area contributed by atoms with Gasteiger partial charge in [0.2, 0.25) is 0 Å². The van der Waals surface area contributed by atoms with Crippen LogP contribution < -0.4 is 0 Å². The highest BCUT2D eigenvalue weighted by Gasteiger charge is 2.09. The fourth-order valence-corrected chi connectivity index (χ4v) is 1.34. The monoisotopic (exact) mass is 291 g/mol. The number of hydrogen-bond donors (Lipinski definition) is 0. The van der Waals surface area contributed by atoms with E-state index < -0.39 is 5.97 Å². The van der Waals surface area contributed by atoms with Gasteiger partial charge in [-0.3, -0.25) is 0 Å². The van der Waals surface area contributed by atoms with Gasteiger partial charge in [-0.2, -0.15) is 5.26 Å². The molecule has 0 N–H and O–H groups in total. The lowest BCUT2D eigenvalue weighted by molar-refractivity contribution is -0.137. The van der Waals surface area contributed by atoms with Gasteiger partial charge in [0.05, 0.1) is 0 Å². The summed E-state index contributed by atoms with van der Waals surface area (Å²) in [6, 6.07) is 9.06. The molecule has 0 saturated heterocycles. The van der Waals surface area contributed by atoms with E-state index in [-0.39, 0.29) is 12.2 Å². The zero-order valence-corrected chi connectivity index (χ0v) is 10.6. The van der Waals surface area contributed by atoms with Crippen LogP contribution in [-0.2, 0) is 9.53 Å². The summed E-state index contributed by atoms with van der Waals surface area (Å²) >= 11 is 3.30. The van der Waals surface area contributed by atoms with E-state index in [0.717, 1.165) is 10.0 Å². The van der Waals surface area contributed by atoms with E-state index in [9.17, 15) is 4.79 Å². The molecule has 1 rings (SSSR count). The van der Waals surface area contributed by atoms with Gasteiger partial charge in [0.25, 0.3) is 0 Å². The van der Waals surface area contributed by atoms with Crippen LogP contribution in [0.5, 0.6) is 0 Å². The van der Waals surface area contributed by atoms with E-state index in [2.05, 4.69) is 22.5 Å². The Labute approximate surface area is 108 Å². The van der Waals surface area contributed by atoms with Gasteiger partial charge in [0.15, 0.2) is 0 Å². The normalized spacial score (nSPS) is 10.5. The average molecular weight is 292 g/mol. The first-order valence-corrected chi connectivity index (χ1v) is 5.62. The molecular weight excluding hydrogens is 282 g/mol. The Morgan fingerprint density at radius 2 is 2.12 bits per heavy atom. The van der Waals surface area contributed by atoms with Crippen molar-refractivity contribution in [2.24, 2.45) is 0 Å². The number of esters is 1. The first kappa shape index (κ1) is 13.2. The molecule has 17 heavy (non-hydrogen) atoms. The van der Waals surface area contributed by atoms with Gasteiger partial charge in [0.1, 0.15) is 18.2 Å². The number of nitriles is 1. The third-order valence-corrected chi connectivity index (χ3v) is 2.38. The van der Waals surface area contributed by atoms with Crippen LogP contribution in [0.4, 0.5) is 0 Å². The van der Waals surface area contributed by atoms with Crippen LogP contribution in [-0.4, -0.2) is 12.6 Å². The van der Waals surface area contributed by atoms with Crippen molar-refractivity contribution in [3.05, 3.63) is 52.5 Å². The third-order valence-electron chi connectivity index (χ3n) is 1.85. The topological polar surface area (TPSA) is 50.1 Å². The zero-order chi connectivity index (χ0) is 12.7. The number of nitrogens with zero attached hydrogens (tertiary/aromatic N) is 1. The summed E-state index contributed by atoms with van der Waals surface area (Å²) in [5.74, 6) is -0.643. The predicted octanol–water partition coefficient (Wildman–Crippen LogP) is 3.09. The standard InChI is InChI=1S/C13H10BrNO2/c1-2-7-17-13(16)11(9-15)8-10-3-5-12(14)6-4-10/h2-6,8H,1,7H2. The summed E-state index contributed by atoms with van der Waals surface area (Å²) in [6.07, 6.45) is 2.93. The third kappa shape index (κ3) is 4.25. The van der Waals surface area contributed by atoms with Gasteiger partial charge in [-0.05, 0) is 23.8 Å². The molecule has 0 atom stereocenters. The molecule has 3 nitrogen and oxygen atoms in total. The Morgan fingerprint density at radius 1 is 1.47 bits per heavy atom. The van der Waals surface area contributed by atoms with E-state index >= 15 is 0 Å². The minimum absolute atomic E-state index is 0.0332. The molecule has 0 amide bonds. The first-order chi connectivity index (χ1) is 8.17. The molecule has 0 aliphatic carbocycles. The lowest BCUT2D eigenvalue weighted by Crippen LogP contribution is -2.06. The SMILES string of the molecule is C=CCOC(=O)C(C#N)=Cc1ccc(Br)cc1. The van der Waals surface area contributed by atoms with Crippen LogP contribution in [0.15, 0.2) is 47.0 Å². The minimum atomic E-state index is -0.643. The summed E-state index contributed by atoms with van der Waals surface area (Å²) in [7, 11) is 0. The van der Waals surface area contributed by atoms with Gasteiger partial charge < -0.3 is 4.74 Å². The quantitative estimate of drug-likeness (QED) is 0.371. The first-order valence-electron chi connectivity index (χ1n) is 4.82. The smallest absolute Gasteiger partial charge is 0.349 e. The highest BCUT2D eigenvalue weighted by molar-refractivity contribution is 9.10. The fraction of sp³-hybridized carbons (Fsp3) is 0.0769. The minimum Gasteiger partial charge on any atom is -0.457 e. The van der Waals surface area contributed by atoms with Gasteiger partial charge >= 0.3 is 5.97 Å². The van der Waals surface area contributed by atoms with Gasteiger partial charge in [-0.1, -0.05) is 40.7 Å². The molecule has 0 radical (unpaired) electrons. The van der Waals surface area contributed by atoms with Crippen LogP contribution >= 0.6 is 15.9 Å². The van der Waals surface area contributed by atoms with Crippen LogP contribution in [0, 0.1) is 11.3 Å². The van der Waals surface area contributed by atoms with E-state index in [1.165, 1.54) is 12.2 Å². The molecule has 0 bridgehead atoms. The Balaban J connectivity index is 2.87. The Bertz CT molecular complexity index is 483. The molecular formula is C13H10BrNO2. The van der Waals surface area contributed by atoms with E-state index in [1.807, 2.05) is 18.2 Å². The van der Waals surface area contributed by atoms with Crippen molar-refractivity contribution in [2.75, 3.05) is 6.61 Å². The molecule has 4 heteroatoms. The van der Waals surface area contributed by atoms with Gasteiger partial charge in [-0.25, -0.2) is 4.79 Å². The van der Waals surface area contributed by atoms with Crippen LogP contribution in [0.3, 0.4) is 0 Å². The molecule has 86 valence electrons. The number of rotatable bonds is 4. The van der Waals surface area contributed by atoms with Crippen molar-refractivity contribution in [3.63, 3.8) is 0 Å². The Hall–Kier alpha value is -1.86. The molecule has 0 unspecified atom stereocenters. The molecule has 0 heterocycles. The average Bonchev–Trinajstić information content (AvgIpc) is 2.35. The summed E-state index contributed by atoms with van der Waals surface area (Å²) in [5.41, 5.74) is 0.731. The molecule has 0 spiro atoms. The maximum absolute atomic E-state index is 11.4. The molecule has 1 aromatic carbocycles. The Morgan fingerprint density at radius 3 is 2.65 bits per heavy atom. The second-order valence-corrected chi connectivity index (χ2v) is 4.02. The highest BCUT2D eigenvalue weighted by atomic mass is 79.9. The second-order valence-electron chi connectivity index (χ2n) is 3.11. The highest BCUT2D eigenvalue weighted by Crippen LogP contribution is 2.13. The maximum Gasteiger partial charge on any atom is 0.349 e. The second kappa shape index (κ2) is 6.66. The van der Waals surface area contributed by atoms with Gasteiger partial charge in [-0.15, -0.1) is 0 Å². The van der Waals surface area contributed by atoms with Crippen molar-refractivity contribution < 1.29 is 9.53 Å². The predicted molar refractivity (Wildman–Crippen MR) is 68.9 cm³/mol. The summed E-state index contributed by atoms with van der Waals surface area (Å²) in [4.78, 5) is 11.4. The number of hydrogen-bond acceptors (Lipinski definition) is 3. The van der Waals surface area contributed by atoms with Crippen molar-refractivity contribution in [3.8, 4) is 6.07 Å². The van der Waals surface area contributed by atoms with E-state index in [0.29, 0.717) is 0 Å². The lowest BCUT2D eigenvalue weighted by atomic mass is 10.1. The summed E-state index contributed by atoms with van der Waals surface area (Å²) < 4.78 is 5.72. The molecule has 0 aliphatic heterocycles. The maximum atomic E-state index is 11.4. The van der Waals surface area contributed by atoms with E-state index in [1.54, 1.807) is 12.1 Å². The number of carbonyl (C=O) groups excluding carboxylic acids is 1. The lowest BCUT2D eigenvalue weighted by Gasteiger charge is -2.00.